The largest absolute Gasteiger partial charge is 1.00 e. The van der Waals surface area contributed by atoms with E-state index in [9.17, 15) is 52.7 Å². The molecule has 2 unspecified atom stereocenters. The fourth-order valence-electron chi connectivity index (χ4n) is 6.27. The van der Waals surface area contributed by atoms with Gasteiger partial charge in [0.05, 0.1) is 0 Å². The molecule has 4 aromatic rings. The summed E-state index contributed by atoms with van der Waals surface area (Å²) in [7, 11) is 0. The van der Waals surface area contributed by atoms with Crippen LogP contribution in [-0.4, -0.2) is 0 Å². The monoisotopic (exact) mass is 828 g/mol. The third-order valence-electron chi connectivity index (χ3n) is 8.44. The van der Waals surface area contributed by atoms with Crippen LogP contribution < -0.4 is 24.8 Å². The summed E-state index contributed by atoms with van der Waals surface area (Å²) in [6, 6.07) is 16.0. The number of hydrogen-bond acceptors (Lipinski definition) is 0. The Morgan fingerprint density at radius 1 is 0.520 bits per heavy atom. The second-order valence-corrected chi connectivity index (χ2v) is 14.9. The average Bonchev–Trinajstić information content (AvgIpc) is 3.50. The Bertz CT molecular complexity index is 1920. The molecule has 15 heteroatoms. The molecule has 0 spiro atoms. The van der Waals surface area contributed by atoms with Gasteiger partial charge in [0.1, 0.15) is 0 Å². The van der Waals surface area contributed by atoms with Crippen LogP contribution >= 0.6 is 0 Å². The van der Waals surface area contributed by atoms with E-state index in [1.54, 1.807) is 55.5 Å². The fraction of sp³-hybridized carbons (Fsp3) is 0.200. The van der Waals surface area contributed by atoms with Gasteiger partial charge in [-0.15, -0.1) is 0 Å². The summed E-state index contributed by atoms with van der Waals surface area (Å²) in [5.41, 5.74) is -3.85. The first kappa shape index (κ1) is 39.8. The molecule has 0 saturated heterocycles. The molecule has 0 aromatic heterocycles. The third-order valence-corrected chi connectivity index (χ3v) is 12.7. The molecule has 262 valence electrons. The van der Waals surface area contributed by atoms with E-state index in [-0.39, 0.29) is 59.2 Å². The molecular formula is C35H20Cl2F12Zr. The van der Waals surface area contributed by atoms with Crippen LogP contribution in [-0.2, 0) is 47.9 Å². The second-order valence-electron chi connectivity index (χ2n) is 11.5. The number of fused-ring (bicyclic) bond motifs is 2. The topological polar surface area (TPSA) is 0 Å². The van der Waals surface area contributed by atoms with E-state index in [1.807, 2.05) is 0 Å². The van der Waals surface area contributed by atoms with Gasteiger partial charge in [-0.25, -0.2) is 0 Å². The minimum absolute atomic E-state index is 0. The Morgan fingerprint density at radius 2 is 0.940 bits per heavy atom. The van der Waals surface area contributed by atoms with Crippen LogP contribution in [0.1, 0.15) is 72.1 Å². The van der Waals surface area contributed by atoms with E-state index in [0.717, 1.165) is 0 Å². The first-order chi connectivity index (χ1) is 22.2. The van der Waals surface area contributed by atoms with Crippen molar-refractivity contribution in [3.8, 4) is 0 Å². The number of hydrogen-bond donors (Lipinski definition) is 0. The fourth-order valence-corrected chi connectivity index (χ4v) is 11.2. The molecule has 50 heavy (non-hydrogen) atoms. The summed E-state index contributed by atoms with van der Waals surface area (Å²) >= 11 is -2.38. The van der Waals surface area contributed by atoms with E-state index >= 15 is 0 Å². The van der Waals surface area contributed by atoms with E-state index < -0.39 is 79.7 Å². The number of benzene rings is 4. The standard InChI is InChI=1S/C18H11F6.C17H9F6.2ClH.Zr/c1-10-15-5-3-2-4-11(15)8-16(10)12-6-13(17(19,20)21)9-14(7-12)18(22,23)24;18-16(19,20)14-7-13(8-15(9-14)17(21,22)23)12-5-10-3-1-2-4-11(10)6-12;;;/h2-7,9-10H,1H3;1-9H;2*1H;/q;;;;+2/p-2. The van der Waals surface area contributed by atoms with Gasteiger partial charge in [-0.1, -0.05) is 0 Å². The van der Waals surface area contributed by atoms with Gasteiger partial charge in [0.2, 0.25) is 0 Å². The van der Waals surface area contributed by atoms with Crippen molar-refractivity contribution in [1.29, 1.82) is 0 Å². The van der Waals surface area contributed by atoms with Crippen LogP contribution in [0.25, 0.3) is 20.5 Å². The SMILES string of the molecule is CC1C(c2cc(C(F)(F)F)cc(C(F)(F)F)c2)=[C]([Zr+2][CH]2C(c3cc(C(F)(F)F)cc(C(F)(F)F)c3)=Cc3ccccc32)c2ccccc21.[Cl-].[Cl-]. The molecule has 2 atom stereocenters. The van der Waals surface area contributed by atoms with Crippen molar-refractivity contribution in [3.63, 3.8) is 0 Å². The van der Waals surface area contributed by atoms with Crippen molar-refractivity contribution in [3.05, 3.63) is 141 Å². The van der Waals surface area contributed by atoms with Gasteiger partial charge in [-0.3, -0.25) is 0 Å². The van der Waals surface area contributed by atoms with Crippen molar-refractivity contribution >= 4 is 20.5 Å². The summed E-state index contributed by atoms with van der Waals surface area (Å²) in [5, 5.41) is 0. The molecule has 6 rings (SSSR count). The van der Waals surface area contributed by atoms with Gasteiger partial charge in [-0.2, -0.15) is 0 Å². The summed E-state index contributed by atoms with van der Waals surface area (Å²) in [4.78, 5) is 0. The predicted molar refractivity (Wildman–Crippen MR) is 152 cm³/mol. The van der Waals surface area contributed by atoms with E-state index in [2.05, 4.69) is 0 Å². The van der Waals surface area contributed by atoms with Gasteiger partial charge in [0.15, 0.2) is 0 Å². The van der Waals surface area contributed by atoms with Crippen LogP contribution in [0.2, 0.25) is 0 Å². The molecule has 0 saturated carbocycles. The van der Waals surface area contributed by atoms with Gasteiger partial charge in [0, 0.05) is 0 Å². The first-order valence-corrected chi connectivity index (χ1v) is 16.9. The Morgan fingerprint density at radius 3 is 1.42 bits per heavy atom. The average molecular weight is 831 g/mol. The summed E-state index contributed by atoms with van der Waals surface area (Å²) in [6.07, 6.45) is -18.9. The third kappa shape index (κ3) is 7.60. The Labute approximate surface area is 301 Å². The molecule has 0 heterocycles. The summed E-state index contributed by atoms with van der Waals surface area (Å²) in [6.45, 7) is 1.65. The van der Waals surface area contributed by atoms with Crippen LogP contribution in [0, 0.1) is 0 Å². The Balaban J connectivity index is 0.00000281. The van der Waals surface area contributed by atoms with Crippen LogP contribution in [0.15, 0.2) is 84.9 Å². The molecule has 0 fully saturated rings. The number of rotatable bonds is 4. The molecule has 0 amide bonds. The molecule has 0 radical (unpaired) electrons. The number of allylic oxidation sites excluding steroid dienone is 2. The van der Waals surface area contributed by atoms with Crippen molar-refractivity contribution in [2.24, 2.45) is 0 Å². The van der Waals surface area contributed by atoms with Gasteiger partial charge in [0.25, 0.3) is 0 Å². The van der Waals surface area contributed by atoms with Crippen molar-refractivity contribution in [2.75, 3.05) is 0 Å². The number of halogens is 14. The second kappa shape index (κ2) is 13.8. The minimum Gasteiger partial charge on any atom is -1.00 e. The molecule has 4 aromatic carbocycles. The number of alkyl halides is 12. The van der Waals surface area contributed by atoms with Crippen LogP contribution in [0.3, 0.4) is 0 Å². The quantitative estimate of drug-likeness (QED) is 0.218. The van der Waals surface area contributed by atoms with E-state index in [4.69, 9.17) is 0 Å². The molecule has 2 aliphatic rings. The van der Waals surface area contributed by atoms with Crippen molar-refractivity contribution in [2.45, 2.75) is 41.2 Å². The maximum absolute atomic E-state index is 13.9. The first-order valence-electron chi connectivity index (χ1n) is 14.2. The molecule has 0 nitrogen and oxygen atoms in total. The Kier molecular flexibility index (Phi) is 11.0. The molecule has 2 aliphatic carbocycles. The Hall–Kier alpha value is -3.02. The summed E-state index contributed by atoms with van der Waals surface area (Å²) < 4.78 is 166. The predicted octanol–water partition coefficient (Wildman–Crippen LogP) is 6.13. The van der Waals surface area contributed by atoms with E-state index in [1.165, 1.54) is 6.08 Å². The molecule has 0 aliphatic heterocycles. The van der Waals surface area contributed by atoms with Gasteiger partial charge < -0.3 is 24.8 Å². The van der Waals surface area contributed by atoms with Crippen LogP contribution in [0.4, 0.5) is 52.7 Å². The zero-order chi connectivity index (χ0) is 35.0. The van der Waals surface area contributed by atoms with Gasteiger partial charge >= 0.3 is 278 Å². The maximum atomic E-state index is 13.9. The van der Waals surface area contributed by atoms with Crippen molar-refractivity contribution in [1.82, 2.24) is 0 Å². The maximum Gasteiger partial charge on any atom is -1.00 e. The zero-order valence-electron chi connectivity index (χ0n) is 25.1. The van der Waals surface area contributed by atoms with E-state index in [0.29, 0.717) is 49.8 Å². The van der Waals surface area contributed by atoms with Gasteiger partial charge in [-0.05, 0) is 0 Å². The molecule has 0 N–H and O–H groups in total. The van der Waals surface area contributed by atoms with Crippen molar-refractivity contribution < 1.29 is 101 Å². The molecular weight excluding hydrogens is 810 g/mol. The minimum atomic E-state index is -5.11. The summed E-state index contributed by atoms with van der Waals surface area (Å²) in [5.74, 6) is -0.656. The molecule has 0 bridgehead atoms. The van der Waals surface area contributed by atoms with Crippen LogP contribution in [0.5, 0.6) is 0 Å². The smallest absolute Gasteiger partial charge is 1.00 e. The normalized spacial score (nSPS) is 17.3. The zero-order valence-corrected chi connectivity index (χ0v) is 29.1.